The summed E-state index contributed by atoms with van der Waals surface area (Å²) in [5.74, 6) is -0.514. The number of alkyl halides is 3. The number of aliphatic imine (C=N–C) groups is 1. The van der Waals surface area contributed by atoms with E-state index in [1.807, 2.05) is 0 Å². The average Bonchev–Trinajstić information content (AvgIpc) is 2.85. The summed E-state index contributed by atoms with van der Waals surface area (Å²) >= 11 is 0. The Morgan fingerprint density at radius 1 is 1.36 bits per heavy atom. The first-order valence-corrected chi connectivity index (χ1v) is 7.48. The van der Waals surface area contributed by atoms with Gasteiger partial charge in [0.15, 0.2) is 11.5 Å². The molecule has 10 heteroatoms. The highest BCUT2D eigenvalue weighted by Crippen LogP contribution is 2.34. The molecule has 4 N–H and O–H groups in total. The second-order valence-electron chi connectivity index (χ2n) is 5.28. The number of amidine groups is 1. The number of hydrogen-bond donors (Lipinski definition) is 4. The molecule has 0 aromatic heterocycles. The van der Waals surface area contributed by atoms with Crippen molar-refractivity contribution in [2.75, 3.05) is 25.0 Å². The summed E-state index contributed by atoms with van der Waals surface area (Å²) in [6.07, 6.45) is -4.75. The van der Waals surface area contributed by atoms with Crippen molar-refractivity contribution in [1.29, 1.82) is 5.41 Å². The fourth-order valence-electron chi connectivity index (χ4n) is 2.20. The Kier molecular flexibility index (Phi) is 5.31. The standard InChI is InChI=1S/C15H18F3N5O2/c1-3-23-14(19)12(13(22-23)15(16,17)18)21-10-6-8(2)11(25)7-9(10)20-4-5-24/h6-7,19-20,24-25H,3-5H2,1-2H3. The molecule has 0 saturated carbocycles. The quantitative estimate of drug-likeness (QED) is 0.649. The number of aliphatic hydroxyl groups is 1. The number of benzene rings is 1. The third-order valence-electron chi connectivity index (χ3n) is 3.47. The van der Waals surface area contributed by atoms with Crippen molar-refractivity contribution in [3.05, 3.63) is 17.7 Å². The molecule has 0 radical (unpaired) electrons. The molecule has 2 rings (SSSR count). The Morgan fingerprint density at radius 3 is 2.60 bits per heavy atom. The minimum Gasteiger partial charge on any atom is -0.508 e. The molecule has 136 valence electrons. The Morgan fingerprint density at radius 2 is 2.04 bits per heavy atom. The molecular weight excluding hydrogens is 339 g/mol. The normalized spacial score (nSPS) is 16.6. The fourth-order valence-corrected chi connectivity index (χ4v) is 2.20. The van der Waals surface area contributed by atoms with Crippen LogP contribution in [0, 0.1) is 12.3 Å². The summed E-state index contributed by atoms with van der Waals surface area (Å²) in [5.41, 5.74) is -1.06. The summed E-state index contributed by atoms with van der Waals surface area (Å²) in [6, 6.07) is 2.71. The Hall–Kier alpha value is -2.62. The molecular formula is C15H18F3N5O2. The van der Waals surface area contributed by atoms with Crippen molar-refractivity contribution < 1.29 is 23.4 Å². The van der Waals surface area contributed by atoms with E-state index in [0.29, 0.717) is 5.56 Å². The highest BCUT2D eigenvalue weighted by Gasteiger charge is 2.46. The molecule has 1 aromatic carbocycles. The number of aryl methyl sites for hydroxylation is 1. The second-order valence-corrected chi connectivity index (χ2v) is 5.28. The van der Waals surface area contributed by atoms with Crippen LogP contribution in [0.15, 0.2) is 22.2 Å². The van der Waals surface area contributed by atoms with E-state index in [4.69, 9.17) is 10.5 Å². The van der Waals surface area contributed by atoms with Gasteiger partial charge in [0.2, 0.25) is 0 Å². The summed E-state index contributed by atoms with van der Waals surface area (Å²) in [7, 11) is 0. The van der Waals surface area contributed by atoms with Crippen LogP contribution in [0.3, 0.4) is 0 Å². The molecule has 0 fully saturated rings. The molecule has 0 saturated heterocycles. The van der Waals surface area contributed by atoms with Gasteiger partial charge in [-0.15, -0.1) is 0 Å². The number of phenols is 1. The smallest absolute Gasteiger partial charge is 0.437 e. The van der Waals surface area contributed by atoms with Crippen molar-refractivity contribution in [3.8, 4) is 5.75 Å². The number of nitrogens with zero attached hydrogens (tertiary/aromatic N) is 3. The number of rotatable bonds is 5. The molecule has 0 aliphatic carbocycles. The van der Waals surface area contributed by atoms with Gasteiger partial charge in [-0.3, -0.25) is 5.41 Å². The molecule has 0 unspecified atom stereocenters. The van der Waals surface area contributed by atoms with Crippen LogP contribution in [0.5, 0.6) is 5.75 Å². The maximum absolute atomic E-state index is 13.2. The van der Waals surface area contributed by atoms with Crippen LogP contribution in [-0.4, -0.2) is 58.4 Å². The van der Waals surface area contributed by atoms with Gasteiger partial charge in [-0.25, -0.2) is 10.0 Å². The van der Waals surface area contributed by atoms with E-state index in [-0.39, 0.29) is 36.8 Å². The van der Waals surface area contributed by atoms with Crippen LogP contribution in [0.4, 0.5) is 24.5 Å². The van der Waals surface area contributed by atoms with E-state index in [1.54, 1.807) is 13.8 Å². The lowest BCUT2D eigenvalue weighted by Crippen LogP contribution is -2.33. The number of hydrogen-bond acceptors (Lipinski definition) is 6. The van der Waals surface area contributed by atoms with Crippen LogP contribution in [0.1, 0.15) is 12.5 Å². The summed E-state index contributed by atoms with van der Waals surface area (Å²) in [6.45, 7) is 3.17. The Labute approximate surface area is 142 Å². The SMILES string of the molecule is CCN1N=C(C(F)(F)F)C(=Nc2cc(C)c(O)cc2NCCO)C1=N. The number of nitrogens with one attached hydrogen (secondary N) is 2. The van der Waals surface area contributed by atoms with Gasteiger partial charge in [0, 0.05) is 19.2 Å². The lowest BCUT2D eigenvalue weighted by Gasteiger charge is -2.13. The number of anilines is 1. The predicted octanol–water partition coefficient (Wildman–Crippen LogP) is 2.41. The molecule has 1 aliphatic rings. The van der Waals surface area contributed by atoms with E-state index < -0.39 is 23.4 Å². The van der Waals surface area contributed by atoms with Crippen LogP contribution >= 0.6 is 0 Å². The Balaban J connectivity index is 2.56. The van der Waals surface area contributed by atoms with E-state index in [1.165, 1.54) is 12.1 Å². The number of aliphatic hydroxyl groups excluding tert-OH is 1. The number of hydrazone groups is 1. The largest absolute Gasteiger partial charge is 0.508 e. The number of aromatic hydroxyl groups is 1. The summed E-state index contributed by atoms with van der Waals surface area (Å²) in [5, 5.41) is 33.7. The monoisotopic (exact) mass is 357 g/mol. The minimum atomic E-state index is -4.75. The first kappa shape index (κ1) is 18.7. The highest BCUT2D eigenvalue weighted by molar-refractivity contribution is 6.70. The van der Waals surface area contributed by atoms with Gasteiger partial charge in [0.05, 0.1) is 18.0 Å². The molecule has 25 heavy (non-hydrogen) atoms. The van der Waals surface area contributed by atoms with Gasteiger partial charge in [-0.2, -0.15) is 18.3 Å². The fraction of sp³-hybridized carbons (Fsp3) is 0.400. The molecule has 1 aliphatic heterocycles. The average molecular weight is 357 g/mol. The third kappa shape index (κ3) is 3.90. The van der Waals surface area contributed by atoms with E-state index in [0.717, 1.165) is 5.01 Å². The van der Waals surface area contributed by atoms with E-state index in [2.05, 4.69) is 15.4 Å². The first-order chi connectivity index (χ1) is 11.7. The highest BCUT2D eigenvalue weighted by atomic mass is 19.4. The molecule has 0 atom stereocenters. The predicted molar refractivity (Wildman–Crippen MR) is 89.1 cm³/mol. The van der Waals surface area contributed by atoms with E-state index in [9.17, 15) is 18.3 Å². The van der Waals surface area contributed by atoms with Gasteiger partial charge in [0.1, 0.15) is 11.5 Å². The van der Waals surface area contributed by atoms with Crippen molar-refractivity contribution in [1.82, 2.24) is 5.01 Å². The zero-order valence-corrected chi connectivity index (χ0v) is 13.6. The second kappa shape index (κ2) is 7.09. The third-order valence-corrected chi connectivity index (χ3v) is 3.47. The van der Waals surface area contributed by atoms with Crippen molar-refractivity contribution in [3.63, 3.8) is 0 Å². The van der Waals surface area contributed by atoms with Crippen molar-refractivity contribution >= 4 is 28.6 Å². The van der Waals surface area contributed by atoms with Crippen LogP contribution in [0.25, 0.3) is 0 Å². The van der Waals surface area contributed by atoms with Gasteiger partial charge < -0.3 is 15.5 Å². The zero-order chi connectivity index (χ0) is 18.8. The van der Waals surface area contributed by atoms with Crippen LogP contribution < -0.4 is 5.32 Å². The van der Waals surface area contributed by atoms with E-state index >= 15 is 0 Å². The van der Waals surface area contributed by atoms with Crippen LogP contribution in [-0.2, 0) is 0 Å². The molecule has 7 nitrogen and oxygen atoms in total. The Bertz CT molecular complexity index is 743. The topological polar surface area (TPSA) is 104 Å². The van der Waals surface area contributed by atoms with Crippen LogP contribution in [0.2, 0.25) is 0 Å². The van der Waals surface area contributed by atoms with Gasteiger partial charge in [-0.1, -0.05) is 0 Å². The zero-order valence-electron chi connectivity index (χ0n) is 13.6. The maximum Gasteiger partial charge on any atom is 0.437 e. The van der Waals surface area contributed by atoms with Gasteiger partial charge in [0.25, 0.3) is 0 Å². The minimum absolute atomic E-state index is 0.0641. The van der Waals surface area contributed by atoms with Gasteiger partial charge in [-0.05, 0) is 25.5 Å². The lowest BCUT2D eigenvalue weighted by atomic mass is 10.1. The molecule has 1 heterocycles. The maximum atomic E-state index is 13.2. The number of phenolic OH excluding ortho intramolecular Hbond substituents is 1. The molecule has 1 aromatic rings. The van der Waals surface area contributed by atoms with Crippen molar-refractivity contribution in [2.45, 2.75) is 20.0 Å². The van der Waals surface area contributed by atoms with Gasteiger partial charge >= 0.3 is 6.18 Å². The first-order valence-electron chi connectivity index (χ1n) is 7.48. The van der Waals surface area contributed by atoms with Crippen molar-refractivity contribution in [2.24, 2.45) is 10.1 Å². The molecule has 0 amide bonds. The molecule has 0 spiro atoms. The number of halogens is 3. The molecule has 0 bridgehead atoms. The summed E-state index contributed by atoms with van der Waals surface area (Å²) in [4.78, 5) is 3.98. The lowest BCUT2D eigenvalue weighted by molar-refractivity contribution is -0.0570. The summed E-state index contributed by atoms with van der Waals surface area (Å²) < 4.78 is 39.7.